The third-order valence-corrected chi connectivity index (χ3v) is 5.74. The molecule has 0 radical (unpaired) electrons. The van der Waals surface area contributed by atoms with E-state index in [0.29, 0.717) is 0 Å². The first kappa shape index (κ1) is 19.3. The largest absolute Gasteiger partial charge is 0.353 e. The molecule has 8 heteroatoms. The predicted octanol–water partition coefficient (Wildman–Crippen LogP) is 2.07. The molecule has 2 aromatic rings. The highest BCUT2D eigenvalue weighted by Crippen LogP contribution is 2.15. The minimum absolute atomic E-state index is 0.0110. The molecule has 0 saturated carbocycles. The number of piperazine rings is 1. The van der Waals surface area contributed by atoms with E-state index in [4.69, 9.17) is 0 Å². The highest BCUT2D eigenvalue weighted by molar-refractivity contribution is 7.92. The second-order valence-corrected chi connectivity index (χ2v) is 8.39. The molecule has 27 heavy (non-hydrogen) atoms. The molecule has 144 valence electrons. The number of hydrogen-bond acceptors (Lipinski definition) is 6. The van der Waals surface area contributed by atoms with Crippen LogP contribution < -0.4 is 9.62 Å². The summed E-state index contributed by atoms with van der Waals surface area (Å²) in [5.41, 5.74) is 1.21. The lowest BCUT2D eigenvalue weighted by molar-refractivity contribution is 0.283. The average Bonchev–Trinajstić information content (AvgIpc) is 2.70. The number of aromatic nitrogens is 2. The normalized spacial score (nSPS) is 16.0. The van der Waals surface area contributed by atoms with Gasteiger partial charge in [-0.2, -0.15) is 0 Å². The van der Waals surface area contributed by atoms with E-state index in [1.54, 1.807) is 13.0 Å². The Balaban J connectivity index is 1.48. The summed E-state index contributed by atoms with van der Waals surface area (Å²) in [4.78, 5) is 4.57. The van der Waals surface area contributed by atoms with E-state index in [1.165, 1.54) is 5.56 Å². The Morgan fingerprint density at radius 1 is 1.04 bits per heavy atom. The minimum Gasteiger partial charge on any atom is -0.353 e. The van der Waals surface area contributed by atoms with Crippen LogP contribution in [0.5, 0.6) is 0 Å². The Hall–Kier alpha value is -2.45. The molecule has 2 heterocycles. The first-order valence-corrected chi connectivity index (χ1v) is 10.7. The summed E-state index contributed by atoms with van der Waals surface area (Å²) in [7, 11) is -3.33. The molecular weight excluding hydrogens is 362 g/mol. The van der Waals surface area contributed by atoms with Crippen molar-refractivity contribution in [1.29, 1.82) is 0 Å². The molecule has 0 atom stereocenters. The molecule has 1 aromatic carbocycles. The Morgan fingerprint density at radius 2 is 1.78 bits per heavy atom. The van der Waals surface area contributed by atoms with E-state index in [2.05, 4.69) is 49.0 Å². The zero-order chi connectivity index (χ0) is 19.1. The Morgan fingerprint density at radius 3 is 2.41 bits per heavy atom. The lowest BCUT2D eigenvalue weighted by atomic mass is 10.2. The molecule has 0 amide bonds. The second kappa shape index (κ2) is 8.96. The molecule has 0 bridgehead atoms. The maximum Gasteiger partial charge on any atom is 0.233 e. The van der Waals surface area contributed by atoms with Crippen molar-refractivity contribution >= 4 is 27.7 Å². The number of sulfonamides is 1. The smallest absolute Gasteiger partial charge is 0.233 e. The fraction of sp³-hybridized carbons (Fsp3) is 0.368. The standard InChI is InChI=1S/C19H25N5O2S/c1-2-27(25,26)22-18-10-11-19(21-20-18)24-15-13-23(14-16-24)12-6-9-17-7-4-3-5-8-17/h3-11H,2,12-16H2,1H3,(H,20,22)/b9-6+. The van der Waals surface area contributed by atoms with Crippen LogP contribution in [0, 0.1) is 0 Å². The van der Waals surface area contributed by atoms with Crippen LogP contribution >= 0.6 is 0 Å². The second-order valence-electron chi connectivity index (χ2n) is 6.38. The average molecular weight is 388 g/mol. The number of nitrogens with zero attached hydrogens (tertiary/aromatic N) is 4. The van der Waals surface area contributed by atoms with E-state index >= 15 is 0 Å². The van der Waals surface area contributed by atoms with Crippen LogP contribution in [-0.4, -0.2) is 62.0 Å². The van der Waals surface area contributed by atoms with Gasteiger partial charge in [0.2, 0.25) is 10.0 Å². The van der Waals surface area contributed by atoms with Crippen molar-refractivity contribution in [3.8, 4) is 0 Å². The van der Waals surface area contributed by atoms with Crippen molar-refractivity contribution < 1.29 is 8.42 Å². The summed E-state index contributed by atoms with van der Waals surface area (Å²) in [5.74, 6) is 1.04. The molecule has 1 aliphatic rings. The fourth-order valence-electron chi connectivity index (χ4n) is 2.84. The van der Waals surface area contributed by atoms with E-state index in [0.717, 1.165) is 38.5 Å². The Labute approximate surface area is 160 Å². The van der Waals surface area contributed by atoms with E-state index in [9.17, 15) is 8.42 Å². The molecule has 1 saturated heterocycles. The lowest BCUT2D eigenvalue weighted by Gasteiger charge is -2.34. The third-order valence-electron chi connectivity index (χ3n) is 4.46. The SMILES string of the molecule is CCS(=O)(=O)Nc1ccc(N2CCN(C/C=C/c3ccccc3)CC2)nn1. The predicted molar refractivity (Wildman–Crippen MR) is 109 cm³/mol. The summed E-state index contributed by atoms with van der Waals surface area (Å²) in [5, 5.41) is 8.15. The summed E-state index contributed by atoms with van der Waals surface area (Å²) in [6.07, 6.45) is 4.34. The number of nitrogens with one attached hydrogen (secondary N) is 1. The van der Waals surface area contributed by atoms with Gasteiger partial charge in [-0.15, -0.1) is 10.2 Å². The molecule has 1 fully saturated rings. The van der Waals surface area contributed by atoms with Crippen molar-refractivity contribution in [2.24, 2.45) is 0 Å². The van der Waals surface area contributed by atoms with Gasteiger partial charge in [0.15, 0.2) is 11.6 Å². The summed E-state index contributed by atoms with van der Waals surface area (Å²) in [6, 6.07) is 13.8. The summed E-state index contributed by atoms with van der Waals surface area (Å²) < 4.78 is 25.5. The van der Waals surface area contributed by atoms with E-state index in [1.807, 2.05) is 24.3 Å². The number of hydrogen-bond donors (Lipinski definition) is 1. The van der Waals surface area contributed by atoms with Crippen LogP contribution in [0.15, 0.2) is 48.5 Å². The van der Waals surface area contributed by atoms with Crippen LogP contribution in [0.2, 0.25) is 0 Å². The van der Waals surface area contributed by atoms with Gasteiger partial charge < -0.3 is 4.90 Å². The maximum atomic E-state index is 11.6. The zero-order valence-corrected chi connectivity index (χ0v) is 16.3. The lowest BCUT2D eigenvalue weighted by Crippen LogP contribution is -2.46. The number of rotatable bonds is 7. The van der Waals surface area contributed by atoms with Gasteiger partial charge in [-0.3, -0.25) is 9.62 Å². The van der Waals surface area contributed by atoms with E-state index < -0.39 is 10.0 Å². The van der Waals surface area contributed by atoms with Gasteiger partial charge in [-0.1, -0.05) is 42.5 Å². The van der Waals surface area contributed by atoms with Gasteiger partial charge in [-0.25, -0.2) is 8.42 Å². The Bertz CT molecular complexity index is 845. The Kier molecular flexibility index (Phi) is 6.41. The zero-order valence-electron chi connectivity index (χ0n) is 15.5. The van der Waals surface area contributed by atoms with Crippen LogP contribution in [0.3, 0.4) is 0 Å². The number of benzene rings is 1. The topological polar surface area (TPSA) is 78.4 Å². The quantitative estimate of drug-likeness (QED) is 0.784. The first-order chi connectivity index (χ1) is 13.1. The maximum absolute atomic E-state index is 11.6. The van der Waals surface area contributed by atoms with Crippen LogP contribution in [0.25, 0.3) is 6.08 Å². The molecule has 3 rings (SSSR count). The van der Waals surface area contributed by atoms with Gasteiger partial charge in [0.05, 0.1) is 5.75 Å². The summed E-state index contributed by atoms with van der Waals surface area (Å²) >= 11 is 0. The van der Waals surface area contributed by atoms with Crippen LogP contribution in [0.1, 0.15) is 12.5 Å². The van der Waals surface area contributed by atoms with Crippen molar-refractivity contribution in [1.82, 2.24) is 15.1 Å². The van der Waals surface area contributed by atoms with Gasteiger partial charge in [0.25, 0.3) is 0 Å². The van der Waals surface area contributed by atoms with E-state index in [-0.39, 0.29) is 11.6 Å². The molecule has 1 aromatic heterocycles. The highest BCUT2D eigenvalue weighted by Gasteiger charge is 2.18. The van der Waals surface area contributed by atoms with Gasteiger partial charge in [0, 0.05) is 32.7 Å². The molecule has 1 aliphatic heterocycles. The van der Waals surface area contributed by atoms with Gasteiger partial charge in [-0.05, 0) is 24.6 Å². The van der Waals surface area contributed by atoms with Crippen LogP contribution in [-0.2, 0) is 10.0 Å². The highest BCUT2D eigenvalue weighted by atomic mass is 32.2. The number of anilines is 2. The minimum atomic E-state index is -3.33. The molecule has 0 aliphatic carbocycles. The molecule has 1 N–H and O–H groups in total. The summed E-state index contributed by atoms with van der Waals surface area (Å²) in [6.45, 7) is 6.14. The molecular formula is C19H25N5O2S. The van der Waals surface area contributed by atoms with Crippen molar-refractivity contribution in [3.05, 3.63) is 54.1 Å². The molecule has 0 unspecified atom stereocenters. The third kappa shape index (κ3) is 5.77. The monoisotopic (exact) mass is 387 g/mol. The first-order valence-electron chi connectivity index (χ1n) is 9.09. The fourth-order valence-corrected chi connectivity index (χ4v) is 3.41. The van der Waals surface area contributed by atoms with Crippen LogP contribution in [0.4, 0.5) is 11.6 Å². The van der Waals surface area contributed by atoms with Crippen molar-refractivity contribution in [3.63, 3.8) is 0 Å². The molecule has 0 spiro atoms. The van der Waals surface area contributed by atoms with Crippen molar-refractivity contribution in [2.45, 2.75) is 6.92 Å². The molecule has 7 nitrogen and oxygen atoms in total. The van der Waals surface area contributed by atoms with Gasteiger partial charge >= 0.3 is 0 Å². The van der Waals surface area contributed by atoms with Crippen molar-refractivity contribution in [2.75, 3.05) is 48.1 Å². The van der Waals surface area contributed by atoms with Gasteiger partial charge in [0.1, 0.15) is 0 Å².